The van der Waals surface area contributed by atoms with E-state index in [1.807, 2.05) is 51.1 Å². The molecule has 0 aliphatic rings. The van der Waals surface area contributed by atoms with E-state index < -0.39 is 0 Å². The van der Waals surface area contributed by atoms with Crippen molar-refractivity contribution < 1.29 is 13.9 Å². The van der Waals surface area contributed by atoms with Crippen LogP contribution in [0.5, 0.6) is 5.75 Å². The van der Waals surface area contributed by atoms with Crippen LogP contribution in [0.3, 0.4) is 0 Å². The summed E-state index contributed by atoms with van der Waals surface area (Å²) in [6.45, 7) is 6.07. The molecule has 2 aromatic carbocycles. The van der Waals surface area contributed by atoms with Gasteiger partial charge in [-0.3, -0.25) is 4.79 Å². The maximum Gasteiger partial charge on any atom is 0.255 e. The molecule has 4 nitrogen and oxygen atoms in total. The molecule has 1 amide bonds. The van der Waals surface area contributed by atoms with E-state index in [0.29, 0.717) is 17.9 Å². The van der Waals surface area contributed by atoms with E-state index in [4.69, 9.17) is 9.15 Å². The Morgan fingerprint density at radius 3 is 2.42 bits per heavy atom. The molecule has 3 aromatic rings. The molecule has 4 heteroatoms. The van der Waals surface area contributed by atoms with Crippen molar-refractivity contribution in [1.29, 1.82) is 0 Å². The smallest absolute Gasteiger partial charge is 0.255 e. The highest BCUT2D eigenvalue weighted by Crippen LogP contribution is 2.23. The van der Waals surface area contributed by atoms with Crippen molar-refractivity contribution in [1.82, 2.24) is 5.32 Å². The SMILES string of the molecule is COc1ccc2cc(CNC(=O)c3c(C)oc(C)c3C)ccc2c1. The highest BCUT2D eigenvalue weighted by Gasteiger charge is 2.18. The van der Waals surface area contributed by atoms with Crippen molar-refractivity contribution in [2.45, 2.75) is 27.3 Å². The summed E-state index contributed by atoms with van der Waals surface area (Å²) in [6.07, 6.45) is 0. The van der Waals surface area contributed by atoms with Gasteiger partial charge in [-0.1, -0.05) is 18.2 Å². The third-order valence-electron chi connectivity index (χ3n) is 4.35. The maximum absolute atomic E-state index is 12.4. The molecule has 0 saturated carbocycles. The van der Waals surface area contributed by atoms with E-state index in [0.717, 1.165) is 33.4 Å². The number of carbonyl (C=O) groups excluding carboxylic acids is 1. The van der Waals surface area contributed by atoms with Crippen molar-refractivity contribution in [2.75, 3.05) is 7.11 Å². The third kappa shape index (κ3) is 3.00. The lowest BCUT2D eigenvalue weighted by molar-refractivity contribution is 0.0949. The Morgan fingerprint density at radius 1 is 1.04 bits per heavy atom. The standard InChI is InChI=1S/C20H21NO3/c1-12-13(2)24-14(3)19(12)20(22)21-11-15-5-6-17-10-18(23-4)8-7-16(17)9-15/h5-10H,11H2,1-4H3,(H,21,22). The summed E-state index contributed by atoms with van der Waals surface area (Å²) < 4.78 is 10.8. The molecule has 0 bridgehead atoms. The first-order valence-corrected chi connectivity index (χ1v) is 7.91. The lowest BCUT2D eigenvalue weighted by atomic mass is 10.1. The van der Waals surface area contributed by atoms with E-state index in [9.17, 15) is 4.79 Å². The van der Waals surface area contributed by atoms with Crippen LogP contribution in [0.25, 0.3) is 10.8 Å². The molecule has 1 heterocycles. The number of ether oxygens (including phenoxy) is 1. The van der Waals surface area contributed by atoms with Crippen LogP contribution in [0.4, 0.5) is 0 Å². The fraction of sp³-hybridized carbons (Fsp3) is 0.250. The third-order valence-corrected chi connectivity index (χ3v) is 4.35. The largest absolute Gasteiger partial charge is 0.497 e. The molecule has 124 valence electrons. The van der Waals surface area contributed by atoms with Gasteiger partial charge in [0.1, 0.15) is 17.3 Å². The van der Waals surface area contributed by atoms with Crippen LogP contribution in [0.1, 0.15) is 33.0 Å². The zero-order valence-electron chi connectivity index (χ0n) is 14.4. The van der Waals surface area contributed by atoms with E-state index >= 15 is 0 Å². The molecular formula is C20H21NO3. The molecule has 0 aliphatic heterocycles. The Hall–Kier alpha value is -2.75. The van der Waals surface area contributed by atoms with E-state index in [-0.39, 0.29) is 5.91 Å². The van der Waals surface area contributed by atoms with Crippen molar-refractivity contribution in [3.05, 3.63) is 64.6 Å². The van der Waals surface area contributed by atoms with Crippen LogP contribution in [-0.2, 0) is 6.54 Å². The van der Waals surface area contributed by atoms with Gasteiger partial charge in [0.15, 0.2) is 0 Å². The van der Waals surface area contributed by atoms with Gasteiger partial charge >= 0.3 is 0 Å². The highest BCUT2D eigenvalue weighted by molar-refractivity contribution is 5.96. The second kappa shape index (κ2) is 6.40. The van der Waals surface area contributed by atoms with Crippen LogP contribution in [0, 0.1) is 20.8 Å². The van der Waals surface area contributed by atoms with Gasteiger partial charge in [0, 0.05) is 12.1 Å². The van der Waals surface area contributed by atoms with Crippen molar-refractivity contribution in [2.24, 2.45) is 0 Å². The van der Waals surface area contributed by atoms with Crippen molar-refractivity contribution >= 4 is 16.7 Å². The number of fused-ring (bicyclic) bond motifs is 1. The lowest BCUT2D eigenvalue weighted by Crippen LogP contribution is -2.23. The first-order valence-electron chi connectivity index (χ1n) is 7.91. The molecule has 0 aliphatic carbocycles. The van der Waals surface area contributed by atoms with Crippen molar-refractivity contribution in [3.8, 4) is 5.75 Å². The Labute approximate surface area is 141 Å². The second-order valence-electron chi connectivity index (χ2n) is 5.94. The maximum atomic E-state index is 12.4. The van der Waals surface area contributed by atoms with Gasteiger partial charge in [-0.15, -0.1) is 0 Å². The number of hydrogen-bond donors (Lipinski definition) is 1. The van der Waals surface area contributed by atoms with E-state index in [1.165, 1.54) is 0 Å². The van der Waals surface area contributed by atoms with Gasteiger partial charge in [-0.25, -0.2) is 0 Å². The van der Waals surface area contributed by atoms with Gasteiger partial charge in [-0.05, 0) is 55.3 Å². The number of nitrogens with one attached hydrogen (secondary N) is 1. The molecule has 0 saturated heterocycles. The molecular weight excluding hydrogens is 302 g/mol. The zero-order valence-corrected chi connectivity index (χ0v) is 14.4. The van der Waals surface area contributed by atoms with Crippen LogP contribution in [0.15, 0.2) is 40.8 Å². The minimum atomic E-state index is -0.100. The number of rotatable bonds is 4. The van der Waals surface area contributed by atoms with Crippen molar-refractivity contribution in [3.63, 3.8) is 0 Å². The molecule has 0 atom stereocenters. The van der Waals surface area contributed by atoms with Crippen LogP contribution in [0.2, 0.25) is 0 Å². The van der Waals surface area contributed by atoms with Gasteiger partial charge in [0.25, 0.3) is 5.91 Å². The second-order valence-corrected chi connectivity index (χ2v) is 5.94. The lowest BCUT2D eigenvalue weighted by Gasteiger charge is -2.08. The molecule has 0 unspecified atom stereocenters. The number of amides is 1. The fourth-order valence-corrected chi connectivity index (χ4v) is 2.91. The van der Waals surface area contributed by atoms with E-state index in [1.54, 1.807) is 7.11 Å². The summed E-state index contributed by atoms with van der Waals surface area (Å²) >= 11 is 0. The highest BCUT2D eigenvalue weighted by atomic mass is 16.5. The molecule has 24 heavy (non-hydrogen) atoms. The van der Waals surface area contributed by atoms with Gasteiger partial charge in [0.05, 0.1) is 12.7 Å². The normalized spacial score (nSPS) is 10.8. The summed E-state index contributed by atoms with van der Waals surface area (Å²) in [5.74, 6) is 2.19. The number of aryl methyl sites for hydroxylation is 2. The molecule has 1 aromatic heterocycles. The monoisotopic (exact) mass is 323 g/mol. The Kier molecular flexibility index (Phi) is 4.30. The quantitative estimate of drug-likeness (QED) is 0.779. The first kappa shape index (κ1) is 16.1. The van der Waals surface area contributed by atoms with E-state index in [2.05, 4.69) is 11.4 Å². The topological polar surface area (TPSA) is 51.5 Å². The minimum absolute atomic E-state index is 0.100. The predicted molar refractivity (Wildman–Crippen MR) is 94.6 cm³/mol. The van der Waals surface area contributed by atoms with Crippen LogP contribution >= 0.6 is 0 Å². The van der Waals surface area contributed by atoms with Crippen LogP contribution in [-0.4, -0.2) is 13.0 Å². The first-order chi connectivity index (χ1) is 11.5. The summed E-state index contributed by atoms with van der Waals surface area (Å²) in [5.41, 5.74) is 2.59. The number of hydrogen-bond acceptors (Lipinski definition) is 3. The molecule has 3 rings (SSSR count). The zero-order chi connectivity index (χ0) is 17.3. The molecule has 1 N–H and O–H groups in total. The van der Waals surface area contributed by atoms with Crippen LogP contribution < -0.4 is 10.1 Å². The molecule has 0 spiro atoms. The minimum Gasteiger partial charge on any atom is -0.497 e. The predicted octanol–water partition coefficient (Wildman–Crippen LogP) is 4.30. The Bertz CT molecular complexity index is 909. The number of benzene rings is 2. The number of furan rings is 1. The summed E-state index contributed by atoms with van der Waals surface area (Å²) in [7, 11) is 1.66. The van der Waals surface area contributed by atoms with Gasteiger partial charge in [-0.2, -0.15) is 0 Å². The average molecular weight is 323 g/mol. The average Bonchev–Trinajstić information content (AvgIpc) is 2.84. The number of carbonyl (C=O) groups is 1. The Morgan fingerprint density at radius 2 is 1.75 bits per heavy atom. The van der Waals surface area contributed by atoms with Gasteiger partial charge < -0.3 is 14.5 Å². The summed E-state index contributed by atoms with van der Waals surface area (Å²) in [6, 6.07) is 12.1. The van der Waals surface area contributed by atoms with Gasteiger partial charge in [0.2, 0.25) is 0 Å². The summed E-state index contributed by atoms with van der Waals surface area (Å²) in [4.78, 5) is 12.4. The Balaban J connectivity index is 1.76. The number of methoxy groups -OCH3 is 1. The molecule has 0 fully saturated rings. The summed E-state index contributed by atoms with van der Waals surface area (Å²) in [5, 5.41) is 5.21. The molecule has 0 radical (unpaired) electrons. The fourth-order valence-electron chi connectivity index (χ4n) is 2.91.